The average molecular weight is 507 g/mol. The van der Waals surface area contributed by atoms with E-state index in [1.807, 2.05) is 28.8 Å². The predicted octanol–water partition coefficient (Wildman–Crippen LogP) is 3.35. The first-order chi connectivity index (χ1) is 17.5. The van der Waals surface area contributed by atoms with E-state index in [4.69, 9.17) is 21.1 Å². The highest BCUT2D eigenvalue weighted by Gasteiger charge is 2.47. The van der Waals surface area contributed by atoms with Crippen molar-refractivity contribution in [3.8, 4) is 17.1 Å². The second kappa shape index (κ2) is 9.08. The summed E-state index contributed by atoms with van der Waals surface area (Å²) < 4.78 is 26.6. The number of hydrogen-bond acceptors (Lipinski definition) is 7. The molecule has 9 nitrogen and oxygen atoms in total. The van der Waals surface area contributed by atoms with E-state index in [9.17, 15) is 9.18 Å². The lowest BCUT2D eigenvalue weighted by atomic mass is 10.2. The Hall–Kier alpha value is -3.67. The van der Waals surface area contributed by atoms with Gasteiger partial charge in [0.05, 0.1) is 17.3 Å². The van der Waals surface area contributed by atoms with Crippen LogP contribution in [0.1, 0.15) is 17.5 Å². The molecule has 0 spiro atoms. The van der Waals surface area contributed by atoms with Crippen LogP contribution in [-0.4, -0.2) is 38.3 Å². The van der Waals surface area contributed by atoms with Gasteiger partial charge in [0.1, 0.15) is 11.9 Å². The van der Waals surface area contributed by atoms with Gasteiger partial charge in [-0.05, 0) is 60.2 Å². The van der Waals surface area contributed by atoms with Crippen molar-refractivity contribution in [2.45, 2.75) is 18.1 Å². The highest BCUT2D eigenvalue weighted by molar-refractivity contribution is 6.32. The molecular formula is C25H20ClFN6O3. The van der Waals surface area contributed by atoms with E-state index >= 15 is 0 Å². The van der Waals surface area contributed by atoms with Crippen molar-refractivity contribution in [3.05, 3.63) is 106 Å². The zero-order chi connectivity index (χ0) is 24.7. The molecule has 11 heteroatoms. The number of epoxide rings is 2. The van der Waals surface area contributed by atoms with Crippen LogP contribution in [0, 0.1) is 5.82 Å². The van der Waals surface area contributed by atoms with Crippen molar-refractivity contribution in [1.29, 1.82) is 0 Å². The standard InChI is InChI=1S/C25H20ClFN6O3/c26-18-3-1-2-4-19(18)33-20(29-30-23(33)15-5-7-17(27)8-6-15)9-11-25(14-35-25)32-31-24-22(36-24)16-10-12-28-21(34)13-16/h1-13,22,24,31-32H,14H2,(H,28,34). The number of halogens is 2. The molecule has 2 saturated heterocycles. The van der Waals surface area contributed by atoms with Gasteiger partial charge in [-0.1, -0.05) is 23.7 Å². The number of nitrogens with zero attached hydrogens (tertiary/aromatic N) is 3. The average Bonchev–Trinajstić information content (AvgIpc) is 3.79. The minimum atomic E-state index is -0.752. The van der Waals surface area contributed by atoms with E-state index in [1.165, 1.54) is 18.2 Å². The van der Waals surface area contributed by atoms with E-state index in [-0.39, 0.29) is 23.7 Å². The van der Waals surface area contributed by atoms with Gasteiger partial charge in [0.25, 0.3) is 0 Å². The number of aromatic nitrogens is 4. The van der Waals surface area contributed by atoms with Crippen molar-refractivity contribution in [2.24, 2.45) is 0 Å². The maximum Gasteiger partial charge on any atom is 0.248 e. The van der Waals surface area contributed by atoms with Crippen LogP contribution in [0.25, 0.3) is 23.2 Å². The van der Waals surface area contributed by atoms with E-state index in [1.54, 1.807) is 36.5 Å². The number of para-hydroxylation sites is 1. The van der Waals surface area contributed by atoms with E-state index in [0.29, 0.717) is 34.5 Å². The zero-order valence-corrected chi connectivity index (χ0v) is 19.4. The summed E-state index contributed by atoms with van der Waals surface area (Å²) in [6.45, 7) is 0.434. The third-order valence-electron chi connectivity index (χ3n) is 5.89. The van der Waals surface area contributed by atoms with E-state index in [0.717, 1.165) is 5.56 Å². The van der Waals surface area contributed by atoms with Crippen molar-refractivity contribution >= 4 is 17.7 Å². The number of rotatable bonds is 8. The fourth-order valence-corrected chi connectivity index (χ4v) is 4.09. The molecule has 6 rings (SSSR count). The molecule has 0 saturated carbocycles. The molecule has 2 aromatic heterocycles. The van der Waals surface area contributed by atoms with Crippen LogP contribution in [0.4, 0.5) is 4.39 Å². The summed E-state index contributed by atoms with van der Waals surface area (Å²) in [5.41, 5.74) is 7.47. The van der Waals surface area contributed by atoms with Gasteiger partial charge in [0.15, 0.2) is 23.6 Å². The summed E-state index contributed by atoms with van der Waals surface area (Å²) in [5.74, 6) is 0.699. The Morgan fingerprint density at radius 3 is 2.72 bits per heavy atom. The molecule has 36 heavy (non-hydrogen) atoms. The zero-order valence-electron chi connectivity index (χ0n) is 18.7. The highest BCUT2D eigenvalue weighted by Crippen LogP contribution is 2.36. The summed E-state index contributed by atoms with van der Waals surface area (Å²) in [5, 5.41) is 9.21. The van der Waals surface area contributed by atoms with Gasteiger partial charge < -0.3 is 14.5 Å². The molecule has 0 radical (unpaired) electrons. The molecular weight excluding hydrogens is 487 g/mol. The van der Waals surface area contributed by atoms with Crippen LogP contribution in [0.2, 0.25) is 5.02 Å². The first kappa shape index (κ1) is 22.8. The molecule has 182 valence electrons. The Morgan fingerprint density at radius 1 is 1.17 bits per heavy atom. The minimum absolute atomic E-state index is 0.178. The Morgan fingerprint density at radius 2 is 1.97 bits per heavy atom. The number of H-pyrrole nitrogens is 1. The largest absolute Gasteiger partial charge is 0.348 e. The molecule has 4 aromatic rings. The molecule has 2 aliphatic rings. The molecule has 3 N–H and O–H groups in total. The number of pyridine rings is 1. The summed E-state index contributed by atoms with van der Waals surface area (Å²) in [6, 6.07) is 16.7. The lowest BCUT2D eigenvalue weighted by Crippen LogP contribution is -2.44. The second-order valence-corrected chi connectivity index (χ2v) is 8.83. The van der Waals surface area contributed by atoms with Gasteiger partial charge in [-0.25, -0.2) is 15.2 Å². The smallest absolute Gasteiger partial charge is 0.248 e. The fourth-order valence-electron chi connectivity index (χ4n) is 3.86. The molecule has 0 aliphatic carbocycles. The maximum atomic E-state index is 13.5. The van der Waals surface area contributed by atoms with Gasteiger partial charge in [0, 0.05) is 17.8 Å². The number of ether oxygens (including phenoxy) is 2. The molecule has 0 bridgehead atoms. The number of benzene rings is 2. The summed E-state index contributed by atoms with van der Waals surface area (Å²) in [4.78, 5) is 14.1. The van der Waals surface area contributed by atoms with Crippen LogP contribution in [0.15, 0.2) is 77.7 Å². The predicted molar refractivity (Wildman–Crippen MR) is 130 cm³/mol. The van der Waals surface area contributed by atoms with Crippen LogP contribution in [0.5, 0.6) is 0 Å². The van der Waals surface area contributed by atoms with Gasteiger partial charge in [-0.3, -0.25) is 9.36 Å². The second-order valence-electron chi connectivity index (χ2n) is 8.42. The van der Waals surface area contributed by atoms with Crippen LogP contribution in [0.3, 0.4) is 0 Å². The first-order valence-electron chi connectivity index (χ1n) is 11.2. The Kier molecular flexibility index (Phi) is 5.75. The summed E-state index contributed by atoms with van der Waals surface area (Å²) in [6.07, 6.45) is 4.69. The van der Waals surface area contributed by atoms with Crippen LogP contribution < -0.4 is 16.4 Å². The minimum Gasteiger partial charge on any atom is -0.348 e. The molecule has 0 amide bonds. The normalized spacial score (nSPS) is 22.7. The topological polar surface area (TPSA) is 113 Å². The van der Waals surface area contributed by atoms with Crippen molar-refractivity contribution < 1.29 is 13.9 Å². The lowest BCUT2D eigenvalue weighted by molar-refractivity contribution is 0.244. The van der Waals surface area contributed by atoms with Gasteiger partial charge in [-0.2, -0.15) is 0 Å². The van der Waals surface area contributed by atoms with Gasteiger partial charge in [0.2, 0.25) is 5.56 Å². The molecule has 4 heterocycles. The van der Waals surface area contributed by atoms with Gasteiger partial charge >= 0.3 is 0 Å². The number of hydrazine groups is 1. The maximum absolute atomic E-state index is 13.5. The number of aromatic amines is 1. The third kappa shape index (κ3) is 4.60. The number of hydrogen-bond donors (Lipinski definition) is 3. The molecule has 3 unspecified atom stereocenters. The van der Waals surface area contributed by atoms with E-state index < -0.39 is 5.72 Å². The molecule has 2 fully saturated rings. The fraction of sp³-hybridized carbons (Fsp3) is 0.160. The quantitative estimate of drug-likeness (QED) is 0.248. The van der Waals surface area contributed by atoms with Crippen molar-refractivity contribution in [3.63, 3.8) is 0 Å². The van der Waals surface area contributed by atoms with Crippen molar-refractivity contribution in [2.75, 3.05) is 6.61 Å². The van der Waals surface area contributed by atoms with Crippen LogP contribution >= 0.6 is 11.6 Å². The molecule has 3 atom stereocenters. The third-order valence-corrected chi connectivity index (χ3v) is 6.21. The number of nitrogens with one attached hydrogen (secondary N) is 3. The molecule has 2 aromatic carbocycles. The molecule has 2 aliphatic heterocycles. The summed E-state index contributed by atoms with van der Waals surface area (Å²) >= 11 is 6.50. The monoisotopic (exact) mass is 506 g/mol. The van der Waals surface area contributed by atoms with Gasteiger partial charge in [-0.15, -0.1) is 10.2 Å². The Labute approximate surface area is 209 Å². The first-order valence-corrected chi connectivity index (χ1v) is 11.6. The highest BCUT2D eigenvalue weighted by atomic mass is 35.5. The van der Waals surface area contributed by atoms with Crippen molar-refractivity contribution in [1.82, 2.24) is 30.6 Å². The Balaban J connectivity index is 1.23. The van der Waals surface area contributed by atoms with E-state index in [2.05, 4.69) is 26.0 Å². The lowest BCUT2D eigenvalue weighted by Gasteiger charge is -2.12. The van der Waals surface area contributed by atoms with Crippen LogP contribution in [-0.2, 0) is 9.47 Å². The summed E-state index contributed by atoms with van der Waals surface area (Å²) in [7, 11) is 0. The SMILES string of the molecule is O=c1cc(C2OC2NNC2(C=Cc3nnc(-c4ccc(F)cc4)n3-c3ccccc3Cl)CO2)cc[nH]1. The Bertz CT molecular complexity index is 1500.